The van der Waals surface area contributed by atoms with Crippen LogP contribution in [0, 0.1) is 0 Å². The molecule has 0 unspecified atom stereocenters. The van der Waals surface area contributed by atoms with Gasteiger partial charge in [-0.15, -0.1) is 0 Å². The molecule has 2 aromatic rings. The Balaban J connectivity index is 1.81. The lowest BCUT2D eigenvalue weighted by molar-refractivity contribution is 0.0193. The lowest BCUT2D eigenvalue weighted by Gasteiger charge is -2.31. The van der Waals surface area contributed by atoms with E-state index in [-0.39, 0.29) is 12.6 Å². The topological polar surface area (TPSA) is 75.4 Å². The van der Waals surface area contributed by atoms with Crippen molar-refractivity contribution in [3.63, 3.8) is 0 Å². The average Bonchev–Trinajstić information content (AvgIpc) is 3.11. The van der Waals surface area contributed by atoms with Gasteiger partial charge in [-0.25, -0.2) is 13.4 Å². The molecule has 7 heteroatoms. The number of hydrogen-bond donors (Lipinski definition) is 1. The van der Waals surface area contributed by atoms with Gasteiger partial charge in [0.2, 0.25) is 10.0 Å². The largest absolute Gasteiger partial charge is 0.386 e. The summed E-state index contributed by atoms with van der Waals surface area (Å²) in [6, 6.07) is 7.61. The number of rotatable bonds is 2. The van der Waals surface area contributed by atoms with Crippen molar-refractivity contribution in [3.05, 3.63) is 42.4 Å². The number of aromatic nitrogens is 2. The lowest BCUT2D eigenvalue weighted by atomic mass is 9.87. The highest BCUT2D eigenvalue weighted by Gasteiger charge is 2.49. The van der Waals surface area contributed by atoms with Crippen molar-refractivity contribution in [2.75, 3.05) is 19.3 Å². The number of β-amino-alcohol motifs (C(OH)–C–C–N with tert-alkyl or cyclic N) is 1. The molecule has 4 rings (SSSR count). The van der Waals surface area contributed by atoms with Crippen molar-refractivity contribution in [3.8, 4) is 11.3 Å². The number of sulfonamides is 1. The monoisotopic (exact) mass is 319 g/mol. The summed E-state index contributed by atoms with van der Waals surface area (Å²) in [4.78, 5) is 4.18. The third-order valence-corrected chi connectivity index (χ3v) is 5.95. The maximum atomic E-state index is 11.8. The number of fused-ring (bicyclic) bond motifs is 3. The molecule has 1 N–H and O–H groups in total. The summed E-state index contributed by atoms with van der Waals surface area (Å²) >= 11 is 0. The lowest BCUT2D eigenvalue weighted by Crippen LogP contribution is -2.42. The summed E-state index contributed by atoms with van der Waals surface area (Å²) in [5.41, 5.74) is 1.92. The standard InChI is InChI=1S/C15H17N3O3S/c1-22(20,21)17-7-6-15(19,9-17)14-12-5-3-2-4-11(12)13-8-16-10-18(13)14/h2-5,8,10,14,19H,6-7,9H2,1H3/t14-,15+/m1/s1. The van der Waals surface area contributed by atoms with Crippen molar-refractivity contribution in [1.29, 1.82) is 0 Å². The van der Waals surface area contributed by atoms with Gasteiger partial charge in [0.1, 0.15) is 5.60 Å². The molecule has 3 heterocycles. The highest BCUT2D eigenvalue weighted by atomic mass is 32.2. The molecule has 0 radical (unpaired) electrons. The highest BCUT2D eigenvalue weighted by Crippen LogP contribution is 2.47. The van der Waals surface area contributed by atoms with Gasteiger partial charge >= 0.3 is 0 Å². The molecule has 116 valence electrons. The molecule has 1 aromatic carbocycles. The molecule has 0 aliphatic carbocycles. The summed E-state index contributed by atoms with van der Waals surface area (Å²) in [5, 5.41) is 11.2. The second-order valence-corrected chi connectivity index (χ2v) is 8.11. The van der Waals surface area contributed by atoms with Crippen molar-refractivity contribution in [2.45, 2.75) is 18.1 Å². The van der Waals surface area contributed by atoms with E-state index in [2.05, 4.69) is 4.98 Å². The van der Waals surface area contributed by atoms with E-state index in [1.54, 1.807) is 12.5 Å². The van der Waals surface area contributed by atoms with Gasteiger partial charge in [0.05, 0.1) is 30.5 Å². The summed E-state index contributed by atoms with van der Waals surface area (Å²) in [5.74, 6) is 0. The molecule has 22 heavy (non-hydrogen) atoms. The van der Waals surface area contributed by atoms with Gasteiger partial charge in [-0.05, 0) is 12.0 Å². The van der Waals surface area contributed by atoms with Crippen LogP contribution >= 0.6 is 0 Å². The van der Waals surface area contributed by atoms with Crippen LogP contribution in [0.2, 0.25) is 0 Å². The number of benzene rings is 1. The molecule has 0 bridgehead atoms. The number of nitrogens with zero attached hydrogens (tertiary/aromatic N) is 3. The fourth-order valence-corrected chi connectivity index (χ4v) is 4.55. The Morgan fingerprint density at radius 3 is 2.86 bits per heavy atom. The van der Waals surface area contributed by atoms with Crippen LogP contribution in [0.25, 0.3) is 11.3 Å². The molecule has 0 amide bonds. The van der Waals surface area contributed by atoms with Gasteiger partial charge in [0.25, 0.3) is 0 Å². The first-order valence-corrected chi connectivity index (χ1v) is 9.04. The predicted octanol–water partition coefficient (Wildman–Crippen LogP) is 0.849. The molecule has 1 saturated heterocycles. The first-order valence-electron chi connectivity index (χ1n) is 7.19. The molecule has 0 saturated carbocycles. The summed E-state index contributed by atoms with van der Waals surface area (Å²) in [7, 11) is -3.30. The molecule has 2 atom stereocenters. The Kier molecular flexibility index (Phi) is 2.79. The quantitative estimate of drug-likeness (QED) is 0.890. The molecular formula is C15H17N3O3S. The minimum Gasteiger partial charge on any atom is -0.386 e. The van der Waals surface area contributed by atoms with Crippen LogP contribution in [-0.2, 0) is 10.0 Å². The van der Waals surface area contributed by atoms with Crippen LogP contribution < -0.4 is 0 Å². The van der Waals surface area contributed by atoms with E-state index >= 15 is 0 Å². The Bertz CT molecular complexity index is 845. The van der Waals surface area contributed by atoms with Crippen molar-refractivity contribution in [2.24, 2.45) is 0 Å². The van der Waals surface area contributed by atoms with Crippen LogP contribution in [0.3, 0.4) is 0 Å². The fourth-order valence-electron chi connectivity index (χ4n) is 3.67. The smallest absolute Gasteiger partial charge is 0.211 e. The Hall–Kier alpha value is -1.70. The molecule has 1 aromatic heterocycles. The minimum absolute atomic E-state index is 0.114. The molecule has 0 spiro atoms. The van der Waals surface area contributed by atoms with E-state index in [0.717, 1.165) is 16.8 Å². The van der Waals surface area contributed by atoms with E-state index in [1.165, 1.54) is 10.6 Å². The summed E-state index contributed by atoms with van der Waals surface area (Å²) < 4.78 is 26.9. The Morgan fingerprint density at radius 2 is 2.14 bits per heavy atom. The van der Waals surface area contributed by atoms with E-state index in [4.69, 9.17) is 0 Å². The van der Waals surface area contributed by atoms with Crippen molar-refractivity contribution >= 4 is 10.0 Å². The molecule has 2 aliphatic heterocycles. The van der Waals surface area contributed by atoms with E-state index in [1.807, 2.05) is 28.8 Å². The zero-order valence-electron chi connectivity index (χ0n) is 12.2. The van der Waals surface area contributed by atoms with Gasteiger partial charge in [0, 0.05) is 18.7 Å². The molecular weight excluding hydrogens is 302 g/mol. The second-order valence-electron chi connectivity index (χ2n) is 6.13. The van der Waals surface area contributed by atoms with Gasteiger partial charge in [-0.3, -0.25) is 0 Å². The number of aliphatic hydroxyl groups is 1. The normalized spacial score (nSPS) is 27.8. The Labute approximate surface area is 129 Å². The minimum atomic E-state index is -3.30. The first kappa shape index (κ1) is 13.9. The summed E-state index contributed by atoms with van der Waals surface area (Å²) in [6.07, 6.45) is 5.09. The van der Waals surface area contributed by atoms with Crippen molar-refractivity contribution in [1.82, 2.24) is 13.9 Å². The fraction of sp³-hybridized carbons (Fsp3) is 0.400. The predicted molar refractivity (Wildman–Crippen MR) is 81.8 cm³/mol. The van der Waals surface area contributed by atoms with Crippen LogP contribution in [-0.4, -0.2) is 52.3 Å². The van der Waals surface area contributed by atoms with Crippen LogP contribution in [0.5, 0.6) is 0 Å². The third-order valence-electron chi connectivity index (χ3n) is 4.70. The van der Waals surface area contributed by atoms with E-state index in [9.17, 15) is 13.5 Å². The van der Waals surface area contributed by atoms with Crippen LogP contribution in [0.15, 0.2) is 36.8 Å². The van der Waals surface area contributed by atoms with Gasteiger partial charge in [0.15, 0.2) is 0 Å². The van der Waals surface area contributed by atoms with Gasteiger partial charge < -0.3 is 9.67 Å². The maximum Gasteiger partial charge on any atom is 0.211 e. The molecule has 2 aliphatic rings. The van der Waals surface area contributed by atoms with E-state index < -0.39 is 15.6 Å². The molecule has 6 nitrogen and oxygen atoms in total. The SMILES string of the molecule is CS(=O)(=O)N1CC[C@@](O)([C@H]2c3ccccc3-c3cncn32)C1. The molecule has 1 fully saturated rings. The number of imidazole rings is 1. The Morgan fingerprint density at radius 1 is 1.36 bits per heavy atom. The van der Waals surface area contributed by atoms with Crippen LogP contribution in [0.1, 0.15) is 18.0 Å². The van der Waals surface area contributed by atoms with Crippen molar-refractivity contribution < 1.29 is 13.5 Å². The van der Waals surface area contributed by atoms with E-state index in [0.29, 0.717) is 13.0 Å². The summed E-state index contributed by atoms with van der Waals surface area (Å²) in [6.45, 7) is 0.459. The maximum absolute atomic E-state index is 11.8. The van der Waals surface area contributed by atoms with Gasteiger partial charge in [-0.1, -0.05) is 24.3 Å². The van der Waals surface area contributed by atoms with Crippen LogP contribution in [0.4, 0.5) is 0 Å². The average molecular weight is 319 g/mol. The second kappa shape index (κ2) is 4.41. The zero-order chi connectivity index (χ0) is 15.5. The first-order chi connectivity index (χ1) is 10.4. The third kappa shape index (κ3) is 1.86. The van der Waals surface area contributed by atoms with Gasteiger partial charge in [-0.2, -0.15) is 4.31 Å². The highest BCUT2D eigenvalue weighted by molar-refractivity contribution is 7.88. The number of hydrogen-bond acceptors (Lipinski definition) is 4. The zero-order valence-corrected chi connectivity index (χ0v) is 13.0.